The summed E-state index contributed by atoms with van der Waals surface area (Å²) < 4.78 is 6.55. The molecule has 0 saturated carbocycles. The maximum atomic E-state index is 12.4. The normalized spacial score (nSPS) is 13.3. The van der Waals surface area contributed by atoms with Crippen molar-refractivity contribution < 1.29 is 23.9 Å². The zero-order chi connectivity index (χ0) is 45.0. The van der Waals surface area contributed by atoms with Gasteiger partial charge in [0.05, 0.1) is 58.6 Å². The summed E-state index contributed by atoms with van der Waals surface area (Å²) in [7, 11) is 3.11. The summed E-state index contributed by atoms with van der Waals surface area (Å²) in [6, 6.07) is 23.9. The Morgan fingerprint density at radius 1 is 0.810 bits per heavy atom. The summed E-state index contributed by atoms with van der Waals surface area (Å²) in [5, 5.41) is 10.1. The van der Waals surface area contributed by atoms with E-state index in [2.05, 4.69) is 102 Å². The fraction of sp³-hybridized carbons (Fsp3) is 0.333. The van der Waals surface area contributed by atoms with Crippen molar-refractivity contribution in [3.05, 3.63) is 108 Å². The standard InChI is InChI=1S/C22H14N4S2.C14H18N2O2.C7H14N2O.C3H8.C2H4O2/c1-3-14(20-8-23-11-24-20)4-2-13(1)16-9-27-22-17(10-28-21(16)22)15-5-6-18-19(7-15)26-12-25-18;1-11(17)15-13(12-7-3-2-4-8-12)14(18)16-9-5-6-10-16;1-8-6-7(10)9-4-2-3-5-9;1-3-2;1-4-2-3/h1-12H,(H,23,24)(H,25,26);2-4,7-8,13H,5-6,9-10H2,1H3,(H,15,17);8H,2-6H2,1H3;3H2,1-2H3;2H,1H3. The molecule has 4 aromatic heterocycles. The molecule has 13 nitrogen and oxygen atoms in total. The summed E-state index contributed by atoms with van der Waals surface area (Å²) in [4.78, 5) is 62.2. The number of H-pyrrole nitrogens is 2. The molecule has 0 radical (unpaired) electrons. The second-order valence-electron chi connectivity index (χ2n) is 14.9. The molecule has 7 aromatic rings. The van der Waals surface area contributed by atoms with Crippen LogP contribution in [0.4, 0.5) is 0 Å². The first-order valence-electron chi connectivity index (χ1n) is 21.2. The number of hydrogen-bond donors (Lipinski definition) is 4. The molecule has 332 valence electrons. The van der Waals surface area contributed by atoms with Crippen LogP contribution < -0.4 is 10.6 Å². The van der Waals surface area contributed by atoms with E-state index in [4.69, 9.17) is 4.79 Å². The number of ether oxygens (including phenoxy) is 1. The number of imidazole rings is 2. The van der Waals surface area contributed by atoms with Crippen LogP contribution in [0.1, 0.15) is 64.5 Å². The zero-order valence-electron chi connectivity index (χ0n) is 36.7. The molecular weight excluding hydrogens is 833 g/mol. The SMILES string of the molecule is CC(=O)NC(C(=O)N1CCCC1)c1ccccc1.CCC.CNCC(=O)N1CCCC1.COC=O.c1ncc(-c2ccc(-c3csc4c(-c5ccc6nc[nH]c6c5)csc34)cc2)[nH]1. The average Bonchev–Trinajstić information content (AvgIpc) is 4.17. The van der Waals surface area contributed by atoms with Crippen molar-refractivity contribution in [2.45, 2.75) is 58.9 Å². The minimum atomic E-state index is -0.554. The van der Waals surface area contributed by atoms with Gasteiger partial charge >= 0.3 is 0 Å². The van der Waals surface area contributed by atoms with Crippen molar-refractivity contribution in [3.8, 4) is 33.5 Å². The van der Waals surface area contributed by atoms with Gasteiger partial charge in [-0.15, -0.1) is 22.7 Å². The third-order valence-electron chi connectivity index (χ3n) is 10.0. The quantitative estimate of drug-likeness (QED) is 0.104. The lowest BCUT2D eigenvalue weighted by Crippen LogP contribution is -2.41. The Morgan fingerprint density at radius 2 is 1.38 bits per heavy atom. The third kappa shape index (κ3) is 13.4. The molecule has 1 atom stereocenters. The minimum absolute atomic E-state index is 0.00565. The maximum absolute atomic E-state index is 12.4. The van der Waals surface area contributed by atoms with Crippen LogP contribution in [-0.4, -0.2) is 101 Å². The van der Waals surface area contributed by atoms with Gasteiger partial charge in [0.1, 0.15) is 6.04 Å². The molecule has 63 heavy (non-hydrogen) atoms. The molecule has 6 heterocycles. The van der Waals surface area contributed by atoms with Crippen LogP contribution in [0.5, 0.6) is 0 Å². The Hall–Kier alpha value is -6.16. The summed E-state index contributed by atoms with van der Waals surface area (Å²) in [5.41, 5.74) is 10.2. The molecule has 0 spiro atoms. The van der Waals surface area contributed by atoms with Crippen LogP contribution in [0.15, 0.2) is 102 Å². The molecule has 9 rings (SSSR count). The molecule has 2 aliphatic rings. The first kappa shape index (κ1) is 47.9. The van der Waals surface area contributed by atoms with Gasteiger partial charge in [-0.25, -0.2) is 9.97 Å². The van der Waals surface area contributed by atoms with Gasteiger partial charge in [-0.3, -0.25) is 19.2 Å². The van der Waals surface area contributed by atoms with Crippen LogP contribution in [0.25, 0.3) is 53.9 Å². The molecule has 3 amide bonds. The largest absolute Gasteiger partial charge is 0.471 e. The number of nitrogens with one attached hydrogen (secondary N) is 4. The van der Waals surface area contributed by atoms with E-state index in [-0.39, 0.29) is 17.7 Å². The summed E-state index contributed by atoms with van der Waals surface area (Å²) in [5.74, 6) is 0.0466. The van der Waals surface area contributed by atoms with Crippen molar-refractivity contribution >= 4 is 67.3 Å². The molecule has 2 saturated heterocycles. The predicted molar refractivity (Wildman–Crippen MR) is 255 cm³/mol. The first-order valence-corrected chi connectivity index (χ1v) is 23.0. The van der Waals surface area contributed by atoms with Crippen molar-refractivity contribution in [1.82, 2.24) is 40.4 Å². The van der Waals surface area contributed by atoms with Crippen molar-refractivity contribution in [2.75, 3.05) is 46.9 Å². The average molecular weight is 891 g/mol. The lowest BCUT2D eigenvalue weighted by atomic mass is 10.0. The van der Waals surface area contributed by atoms with Gasteiger partial charge < -0.3 is 35.1 Å². The van der Waals surface area contributed by atoms with Gasteiger partial charge in [0.2, 0.25) is 17.7 Å². The van der Waals surface area contributed by atoms with Crippen LogP contribution >= 0.6 is 22.7 Å². The number of thiophene rings is 2. The number of amides is 3. The Labute approximate surface area is 377 Å². The number of nitrogens with zero attached hydrogens (tertiary/aromatic N) is 4. The van der Waals surface area contributed by atoms with E-state index >= 15 is 0 Å². The van der Waals surface area contributed by atoms with Gasteiger partial charge in [0.25, 0.3) is 6.47 Å². The van der Waals surface area contributed by atoms with Crippen molar-refractivity contribution in [2.24, 2.45) is 0 Å². The maximum Gasteiger partial charge on any atom is 0.292 e. The monoisotopic (exact) mass is 890 g/mol. The van der Waals surface area contributed by atoms with Crippen molar-refractivity contribution in [1.29, 1.82) is 0 Å². The molecule has 1 unspecified atom stereocenters. The van der Waals surface area contributed by atoms with Crippen molar-refractivity contribution in [3.63, 3.8) is 0 Å². The molecule has 4 N–H and O–H groups in total. The number of carbonyl (C=O) groups excluding carboxylic acids is 4. The van der Waals surface area contributed by atoms with Gasteiger partial charge in [-0.05, 0) is 67.1 Å². The Bertz CT molecular complexity index is 2450. The lowest BCUT2D eigenvalue weighted by Gasteiger charge is -2.23. The number of hydrogen-bond acceptors (Lipinski definition) is 10. The molecule has 3 aromatic carbocycles. The molecule has 15 heteroatoms. The van der Waals surface area contributed by atoms with E-state index in [1.54, 1.807) is 19.7 Å². The number of methoxy groups -OCH3 is 1. The molecule has 0 bridgehead atoms. The highest BCUT2D eigenvalue weighted by atomic mass is 32.1. The molecule has 0 aliphatic carbocycles. The number of carbonyl (C=O) groups is 4. The third-order valence-corrected chi connectivity index (χ3v) is 12.2. The summed E-state index contributed by atoms with van der Waals surface area (Å²) in [6.07, 6.45) is 11.0. The molecular formula is C48H58N8O5S2. The lowest BCUT2D eigenvalue weighted by molar-refractivity contribution is -0.135. The van der Waals surface area contributed by atoms with E-state index in [1.807, 2.05) is 69.0 Å². The molecule has 2 fully saturated rings. The van der Waals surface area contributed by atoms with Crippen LogP contribution in [0.2, 0.25) is 0 Å². The highest BCUT2D eigenvalue weighted by molar-refractivity contribution is 7.27. The van der Waals surface area contributed by atoms with E-state index in [1.165, 1.54) is 64.9 Å². The van der Waals surface area contributed by atoms with Gasteiger partial charge in [-0.1, -0.05) is 80.9 Å². The summed E-state index contributed by atoms with van der Waals surface area (Å²) >= 11 is 3.63. The number of likely N-dealkylation sites (N-methyl/N-ethyl adjacent to an activating group) is 1. The van der Waals surface area contributed by atoms with Gasteiger partial charge in [-0.2, -0.15) is 0 Å². The highest BCUT2D eigenvalue weighted by Gasteiger charge is 2.28. The number of aromatic amines is 2. The number of benzene rings is 3. The Balaban J connectivity index is 0.000000183. The second kappa shape index (κ2) is 25.1. The van der Waals surface area contributed by atoms with Gasteiger partial charge in [0.15, 0.2) is 0 Å². The van der Waals surface area contributed by atoms with E-state index < -0.39 is 6.04 Å². The van der Waals surface area contributed by atoms with E-state index in [0.29, 0.717) is 13.0 Å². The topological polar surface area (TPSA) is 165 Å². The highest BCUT2D eigenvalue weighted by Crippen LogP contribution is 2.44. The van der Waals surface area contributed by atoms with Crippen LogP contribution in [0.3, 0.4) is 0 Å². The van der Waals surface area contributed by atoms with E-state index in [9.17, 15) is 14.4 Å². The Kier molecular flexibility index (Phi) is 19.1. The number of likely N-dealkylation sites (tertiary alicyclic amines) is 2. The zero-order valence-corrected chi connectivity index (χ0v) is 38.3. The first-order chi connectivity index (χ1) is 30.7. The second-order valence-corrected chi connectivity index (χ2v) is 16.6. The summed E-state index contributed by atoms with van der Waals surface area (Å²) in [6.45, 7) is 10.1. The number of fused-ring (bicyclic) bond motifs is 2. The smallest absolute Gasteiger partial charge is 0.292 e. The molecule has 2 aliphatic heterocycles. The number of rotatable bonds is 9. The minimum Gasteiger partial charge on any atom is -0.471 e. The Morgan fingerprint density at radius 3 is 1.94 bits per heavy atom. The fourth-order valence-electron chi connectivity index (χ4n) is 7.05. The van der Waals surface area contributed by atoms with Crippen LogP contribution in [0, 0.1) is 0 Å². The van der Waals surface area contributed by atoms with Crippen LogP contribution in [-0.2, 0) is 23.9 Å². The van der Waals surface area contributed by atoms with Gasteiger partial charge in [0, 0.05) is 55.0 Å². The van der Waals surface area contributed by atoms with E-state index in [0.717, 1.165) is 66.9 Å². The number of aromatic nitrogens is 4. The predicted octanol–water partition coefficient (Wildman–Crippen LogP) is 9.08. The fourth-order valence-corrected chi connectivity index (χ4v) is 9.51.